The van der Waals surface area contributed by atoms with Gasteiger partial charge in [0.1, 0.15) is 0 Å². The topological polar surface area (TPSA) is 54.0 Å². The molecule has 1 N–H and O–H groups in total. The first-order chi connectivity index (χ1) is 13.9. The van der Waals surface area contributed by atoms with Crippen molar-refractivity contribution in [1.82, 2.24) is 4.90 Å². The summed E-state index contributed by atoms with van der Waals surface area (Å²) in [6, 6.07) is 3.15. The molecule has 2 amide bonds. The fraction of sp³-hybridized carbons (Fsp3) is 0.650. The summed E-state index contributed by atoms with van der Waals surface area (Å²) in [6.45, 7) is 3.03. The van der Waals surface area contributed by atoms with Gasteiger partial charge in [0.25, 0.3) is 0 Å². The summed E-state index contributed by atoms with van der Waals surface area (Å²) in [5.74, 6) is 0. The summed E-state index contributed by atoms with van der Waals surface area (Å²) >= 11 is 0. The van der Waals surface area contributed by atoms with Crippen LogP contribution in [0.3, 0.4) is 0 Å². The number of urea groups is 1. The third-order valence-corrected chi connectivity index (χ3v) is 5.91. The molecular formula is C20H26F3N3O3. The van der Waals surface area contributed by atoms with Crippen molar-refractivity contribution in [2.24, 2.45) is 0 Å². The number of alkyl halides is 3. The van der Waals surface area contributed by atoms with Crippen molar-refractivity contribution in [1.29, 1.82) is 0 Å². The van der Waals surface area contributed by atoms with Crippen LogP contribution in [0.1, 0.15) is 31.2 Å². The standard InChI is InChI=1S/C20H26F3N3O3/c21-20(22,23)14-5-6-16(25-7-10-28-11-8-25)15(13-14)24-19(27)26-9-12-29-18-4-2-1-3-17(18)26/h5-6,13,17-18H,1-4,7-12H2,(H,24,27). The van der Waals surface area contributed by atoms with Gasteiger partial charge in [-0.3, -0.25) is 0 Å². The van der Waals surface area contributed by atoms with E-state index in [2.05, 4.69) is 5.32 Å². The maximum atomic E-state index is 13.3. The highest BCUT2D eigenvalue weighted by Gasteiger charge is 2.37. The molecule has 1 aromatic rings. The number of anilines is 2. The Morgan fingerprint density at radius 2 is 1.83 bits per heavy atom. The van der Waals surface area contributed by atoms with Gasteiger partial charge in [-0.1, -0.05) is 12.8 Å². The number of rotatable bonds is 2. The predicted molar refractivity (Wildman–Crippen MR) is 102 cm³/mol. The summed E-state index contributed by atoms with van der Waals surface area (Å²) in [5, 5.41) is 2.77. The minimum atomic E-state index is -4.48. The lowest BCUT2D eigenvalue weighted by atomic mass is 9.90. The molecule has 1 aromatic carbocycles. The Labute approximate surface area is 167 Å². The molecule has 6 nitrogen and oxygen atoms in total. The highest BCUT2D eigenvalue weighted by Crippen LogP contribution is 2.36. The summed E-state index contributed by atoms with van der Waals surface area (Å²) in [5.41, 5.74) is -0.00369. The minimum absolute atomic E-state index is 0.0171. The second kappa shape index (κ2) is 8.39. The molecule has 2 aliphatic heterocycles. The highest BCUT2D eigenvalue weighted by atomic mass is 19.4. The van der Waals surface area contributed by atoms with Crippen LogP contribution in [-0.2, 0) is 15.7 Å². The Morgan fingerprint density at radius 1 is 1.07 bits per heavy atom. The molecule has 3 aliphatic rings. The molecule has 2 heterocycles. The third-order valence-electron chi connectivity index (χ3n) is 5.91. The zero-order valence-electron chi connectivity index (χ0n) is 16.2. The molecule has 0 aromatic heterocycles. The lowest BCUT2D eigenvalue weighted by molar-refractivity contribution is -0.137. The van der Waals surface area contributed by atoms with E-state index in [1.165, 1.54) is 6.07 Å². The van der Waals surface area contributed by atoms with Gasteiger partial charge in [-0.15, -0.1) is 0 Å². The van der Waals surface area contributed by atoms with Gasteiger partial charge in [0.05, 0.1) is 48.9 Å². The normalized spacial score (nSPS) is 25.5. The van der Waals surface area contributed by atoms with Crippen LogP contribution >= 0.6 is 0 Å². The van der Waals surface area contributed by atoms with Crippen LogP contribution in [0, 0.1) is 0 Å². The van der Waals surface area contributed by atoms with E-state index in [0.717, 1.165) is 37.8 Å². The van der Waals surface area contributed by atoms with Crippen molar-refractivity contribution in [3.05, 3.63) is 23.8 Å². The number of benzene rings is 1. The molecule has 160 valence electrons. The molecule has 1 aliphatic carbocycles. The van der Waals surface area contributed by atoms with Crippen LogP contribution in [-0.4, -0.2) is 62.5 Å². The number of hydrogen-bond donors (Lipinski definition) is 1. The van der Waals surface area contributed by atoms with Gasteiger partial charge < -0.3 is 24.6 Å². The average Bonchev–Trinajstić information content (AvgIpc) is 2.73. The van der Waals surface area contributed by atoms with Crippen LogP contribution in [0.5, 0.6) is 0 Å². The Bertz CT molecular complexity index is 735. The van der Waals surface area contributed by atoms with E-state index >= 15 is 0 Å². The fourth-order valence-electron chi connectivity index (χ4n) is 4.43. The molecule has 0 radical (unpaired) electrons. The van der Waals surface area contributed by atoms with Gasteiger partial charge in [0.15, 0.2) is 0 Å². The number of hydrogen-bond acceptors (Lipinski definition) is 4. The zero-order chi connectivity index (χ0) is 20.4. The van der Waals surface area contributed by atoms with Crippen LogP contribution < -0.4 is 10.2 Å². The fourth-order valence-corrected chi connectivity index (χ4v) is 4.43. The number of carbonyl (C=O) groups is 1. The summed E-state index contributed by atoms with van der Waals surface area (Å²) in [7, 11) is 0. The van der Waals surface area contributed by atoms with E-state index in [-0.39, 0.29) is 23.9 Å². The molecular weight excluding hydrogens is 387 g/mol. The van der Waals surface area contributed by atoms with Crippen molar-refractivity contribution in [3.8, 4) is 0 Å². The largest absolute Gasteiger partial charge is 0.416 e. The van der Waals surface area contributed by atoms with E-state index in [9.17, 15) is 18.0 Å². The third kappa shape index (κ3) is 4.45. The first-order valence-corrected chi connectivity index (χ1v) is 10.2. The van der Waals surface area contributed by atoms with Crippen LogP contribution in [0.4, 0.5) is 29.3 Å². The van der Waals surface area contributed by atoms with E-state index in [0.29, 0.717) is 45.1 Å². The van der Waals surface area contributed by atoms with Crippen molar-refractivity contribution in [2.45, 2.75) is 44.0 Å². The molecule has 2 saturated heterocycles. The maximum Gasteiger partial charge on any atom is 0.416 e. The van der Waals surface area contributed by atoms with E-state index in [4.69, 9.17) is 9.47 Å². The highest BCUT2D eigenvalue weighted by molar-refractivity contribution is 5.93. The molecule has 29 heavy (non-hydrogen) atoms. The SMILES string of the molecule is O=C(Nc1cc(C(F)(F)F)ccc1N1CCOCC1)N1CCOC2CCCCC21. The van der Waals surface area contributed by atoms with E-state index in [1.807, 2.05) is 4.90 Å². The summed E-state index contributed by atoms with van der Waals surface area (Å²) < 4.78 is 51.0. The number of halogens is 3. The molecule has 9 heteroatoms. The zero-order valence-corrected chi connectivity index (χ0v) is 16.2. The van der Waals surface area contributed by atoms with Gasteiger partial charge in [0, 0.05) is 19.6 Å². The van der Waals surface area contributed by atoms with Crippen LogP contribution in [0.25, 0.3) is 0 Å². The Hall–Kier alpha value is -2.00. The number of nitrogens with one attached hydrogen (secondary N) is 1. The summed E-state index contributed by atoms with van der Waals surface area (Å²) in [6.07, 6.45) is -0.587. The van der Waals surface area contributed by atoms with Crippen LogP contribution in [0.15, 0.2) is 18.2 Å². The van der Waals surface area contributed by atoms with Gasteiger partial charge in [-0.2, -0.15) is 13.2 Å². The number of amides is 2. The Balaban J connectivity index is 1.59. The van der Waals surface area contributed by atoms with Crippen molar-refractivity contribution in [2.75, 3.05) is 49.7 Å². The molecule has 3 fully saturated rings. The summed E-state index contributed by atoms with van der Waals surface area (Å²) in [4.78, 5) is 16.7. The monoisotopic (exact) mass is 413 g/mol. The molecule has 0 spiro atoms. The Morgan fingerprint density at radius 3 is 2.59 bits per heavy atom. The molecule has 2 atom stereocenters. The molecule has 2 unspecified atom stereocenters. The number of fused-ring (bicyclic) bond motifs is 1. The van der Waals surface area contributed by atoms with E-state index in [1.54, 1.807) is 4.90 Å². The molecule has 1 saturated carbocycles. The number of ether oxygens (including phenoxy) is 2. The van der Waals surface area contributed by atoms with Gasteiger partial charge in [0.2, 0.25) is 0 Å². The first-order valence-electron chi connectivity index (χ1n) is 10.2. The first kappa shape index (κ1) is 20.3. The number of morpholine rings is 2. The lowest BCUT2D eigenvalue weighted by Crippen LogP contribution is -2.56. The predicted octanol–water partition coefficient (Wildman–Crippen LogP) is 3.72. The van der Waals surface area contributed by atoms with Gasteiger partial charge in [-0.25, -0.2) is 4.79 Å². The Kier molecular flexibility index (Phi) is 5.87. The van der Waals surface area contributed by atoms with Gasteiger partial charge in [-0.05, 0) is 31.0 Å². The van der Waals surface area contributed by atoms with E-state index < -0.39 is 11.7 Å². The molecule has 4 rings (SSSR count). The van der Waals surface area contributed by atoms with Crippen molar-refractivity contribution >= 4 is 17.4 Å². The lowest BCUT2D eigenvalue weighted by Gasteiger charge is -2.43. The smallest absolute Gasteiger partial charge is 0.378 e. The number of nitrogens with zero attached hydrogens (tertiary/aromatic N) is 2. The minimum Gasteiger partial charge on any atom is -0.378 e. The number of carbonyl (C=O) groups excluding carboxylic acids is 1. The van der Waals surface area contributed by atoms with Crippen molar-refractivity contribution < 1.29 is 27.4 Å². The van der Waals surface area contributed by atoms with Gasteiger partial charge >= 0.3 is 12.2 Å². The average molecular weight is 413 g/mol. The second-order valence-electron chi connectivity index (χ2n) is 7.71. The van der Waals surface area contributed by atoms with Crippen LogP contribution in [0.2, 0.25) is 0 Å². The van der Waals surface area contributed by atoms with Crippen molar-refractivity contribution in [3.63, 3.8) is 0 Å². The second-order valence-corrected chi connectivity index (χ2v) is 7.71. The maximum absolute atomic E-state index is 13.3. The molecule has 0 bridgehead atoms. The quantitative estimate of drug-likeness (QED) is 0.803.